The fourth-order valence-electron chi connectivity index (χ4n) is 6.41. The molecule has 1 spiro atoms. The average Bonchev–Trinajstić information content (AvgIpc) is 3.74. The van der Waals surface area contributed by atoms with Crippen molar-refractivity contribution in [2.24, 2.45) is 5.41 Å². The summed E-state index contributed by atoms with van der Waals surface area (Å²) in [6.45, 7) is 3.06. The summed E-state index contributed by atoms with van der Waals surface area (Å²) in [4.78, 5) is 22.7. The lowest BCUT2D eigenvalue weighted by molar-refractivity contribution is -0.136. The van der Waals surface area contributed by atoms with E-state index in [1.54, 1.807) is 31.5 Å². The van der Waals surface area contributed by atoms with Gasteiger partial charge in [0.2, 0.25) is 0 Å². The number of rotatable bonds is 6. The molecule has 4 heterocycles. The van der Waals surface area contributed by atoms with Gasteiger partial charge in [0.25, 0.3) is 0 Å². The molecule has 7 rings (SSSR count). The van der Waals surface area contributed by atoms with E-state index in [2.05, 4.69) is 26.1 Å². The molecule has 0 radical (unpaired) electrons. The lowest BCUT2D eigenvalue weighted by Crippen LogP contribution is -2.42. The molecule has 4 aromatic rings. The highest BCUT2D eigenvalue weighted by molar-refractivity contribution is 6.39. The van der Waals surface area contributed by atoms with E-state index in [-0.39, 0.29) is 28.6 Å². The number of nitrogens with zero attached hydrogens (tertiary/aromatic N) is 4. The molecular weight excluding hydrogens is 616 g/mol. The van der Waals surface area contributed by atoms with Crippen molar-refractivity contribution >= 4 is 51.3 Å². The molecule has 0 atom stereocenters. The average molecular weight is 643 g/mol. The van der Waals surface area contributed by atoms with E-state index >= 15 is 0 Å². The quantitative estimate of drug-likeness (QED) is 0.194. The Labute approximate surface area is 261 Å². The van der Waals surface area contributed by atoms with Gasteiger partial charge in [-0.1, -0.05) is 40.5 Å². The molecule has 2 aliphatic carbocycles. The number of carbonyl (C=O) groups excluding carboxylic acids is 1. The van der Waals surface area contributed by atoms with Gasteiger partial charge in [-0.2, -0.15) is 13.2 Å². The highest BCUT2D eigenvalue weighted by Crippen LogP contribution is 2.56. The Hall–Kier alpha value is -3.63. The van der Waals surface area contributed by atoms with E-state index in [4.69, 9.17) is 32.5 Å². The van der Waals surface area contributed by atoms with Crippen LogP contribution in [0.3, 0.4) is 0 Å². The van der Waals surface area contributed by atoms with Crippen molar-refractivity contribution in [1.82, 2.24) is 15.1 Å². The maximum absolute atomic E-state index is 13.9. The molecule has 3 aliphatic rings. The van der Waals surface area contributed by atoms with Gasteiger partial charge in [-0.3, -0.25) is 4.98 Å². The minimum absolute atomic E-state index is 0.00264. The minimum Gasteiger partial charge on any atom is -0.461 e. The van der Waals surface area contributed by atoms with Crippen LogP contribution in [0.15, 0.2) is 47.3 Å². The number of hydrogen-bond donors (Lipinski definition) is 0. The highest BCUT2D eigenvalue weighted by atomic mass is 35.5. The number of hydrogen-bond acceptors (Lipinski definition) is 7. The fourth-order valence-corrected chi connectivity index (χ4v) is 6.96. The summed E-state index contributed by atoms with van der Waals surface area (Å²) in [7, 11) is 0. The summed E-state index contributed by atoms with van der Waals surface area (Å²) < 4.78 is 52.4. The first-order valence-electron chi connectivity index (χ1n) is 14.5. The van der Waals surface area contributed by atoms with E-state index < -0.39 is 17.7 Å². The summed E-state index contributed by atoms with van der Waals surface area (Å²) in [5, 5.41) is 5.18. The number of carbonyl (C=O) groups is 1. The van der Waals surface area contributed by atoms with E-state index in [0.29, 0.717) is 40.3 Å². The first kappa shape index (κ1) is 29.1. The van der Waals surface area contributed by atoms with Crippen molar-refractivity contribution in [3.63, 3.8) is 0 Å². The van der Waals surface area contributed by atoms with Crippen LogP contribution in [0.1, 0.15) is 72.3 Å². The van der Waals surface area contributed by atoms with Crippen molar-refractivity contribution in [2.45, 2.75) is 51.1 Å². The second-order valence-electron chi connectivity index (χ2n) is 11.7. The lowest BCUT2D eigenvalue weighted by atomic mass is 9.63. The number of anilines is 1. The Morgan fingerprint density at radius 3 is 2.45 bits per heavy atom. The van der Waals surface area contributed by atoms with E-state index in [0.717, 1.165) is 55.2 Å². The second-order valence-corrected chi connectivity index (χ2v) is 12.5. The van der Waals surface area contributed by atoms with Crippen LogP contribution >= 0.6 is 23.2 Å². The Balaban J connectivity index is 1.14. The van der Waals surface area contributed by atoms with Crippen molar-refractivity contribution in [3.05, 3.63) is 75.4 Å². The number of halogens is 5. The molecule has 3 aromatic heterocycles. The van der Waals surface area contributed by atoms with Gasteiger partial charge in [0.1, 0.15) is 17.1 Å². The number of pyridine rings is 2. The predicted molar refractivity (Wildman–Crippen MR) is 161 cm³/mol. The van der Waals surface area contributed by atoms with Gasteiger partial charge in [0.05, 0.1) is 27.7 Å². The van der Waals surface area contributed by atoms with Crippen LogP contribution in [0.4, 0.5) is 18.9 Å². The molecule has 1 saturated carbocycles. The van der Waals surface area contributed by atoms with Crippen LogP contribution in [-0.2, 0) is 10.9 Å². The Morgan fingerprint density at radius 1 is 1.11 bits per heavy atom. The molecule has 0 unspecified atom stereocenters. The number of alkyl halides is 3. The zero-order chi connectivity index (χ0) is 30.8. The lowest BCUT2D eigenvalue weighted by Gasteiger charge is -2.47. The summed E-state index contributed by atoms with van der Waals surface area (Å²) in [5.74, 6) is 0.340. The third-order valence-electron chi connectivity index (χ3n) is 8.81. The molecule has 1 saturated heterocycles. The van der Waals surface area contributed by atoms with Crippen LogP contribution < -0.4 is 4.90 Å². The van der Waals surface area contributed by atoms with Gasteiger partial charge in [0.15, 0.2) is 0 Å². The van der Waals surface area contributed by atoms with E-state index in [1.165, 1.54) is 11.6 Å². The van der Waals surface area contributed by atoms with Crippen LogP contribution in [0, 0.1) is 5.41 Å². The fraction of sp³-hybridized carbons (Fsp3) is 0.375. The molecule has 44 heavy (non-hydrogen) atoms. The molecule has 2 fully saturated rings. The van der Waals surface area contributed by atoms with Gasteiger partial charge >= 0.3 is 12.1 Å². The standard InChI is InChI=1S/C32H27Cl2F3N4O3/c1-2-43-30(42)25-12-21(32(35,36)37)20-6-5-19(11-24(20)39-25)41-9-7-31(8-10-41)13-18(14-31)26-28(40-44-29(26)17-3-4-17)27-22(33)15-38-16-23(27)34/h5-6,11-13,15-17H,2-4,7-10,14H2,1H3. The molecule has 228 valence electrons. The van der Waals surface area contributed by atoms with E-state index in [1.807, 2.05) is 0 Å². The van der Waals surface area contributed by atoms with Crippen molar-refractivity contribution in [1.29, 1.82) is 0 Å². The normalized spacial score (nSPS) is 18.0. The molecule has 0 amide bonds. The zero-order valence-electron chi connectivity index (χ0n) is 23.7. The summed E-state index contributed by atoms with van der Waals surface area (Å²) >= 11 is 13.0. The molecular formula is C32H27Cl2F3N4O3. The Morgan fingerprint density at radius 2 is 1.82 bits per heavy atom. The van der Waals surface area contributed by atoms with Crippen LogP contribution in [-0.4, -0.2) is 40.8 Å². The SMILES string of the molecule is CCOC(=O)c1cc(C(F)(F)F)c2ccc(N3CCC4(C=C(c5c(-c6c(Cl)cncc6Cl)noc5C5CC5)C4)CC3)cc2n1. The topological polar surface area (TPSA) is 81.4 Å². The largest absolute Gasteiger partial charge is 0.461 e. The number of esters is 1. The first-order chi connectivity index (χ1) is 21.1. The first-order valence-corrected chi connectivity index (χ1v) is 15.3. The molecule has 1 aromatic carbocycles. The summed E-state index contributed by atoms with van der Waals surface area (Å²) in [6, 6.07) is 5.51. The third-order valence-corrected chi connectivity index (χ3v) is 9.38. The Bertz CT molecular complexity index is 1810. The predicted octanol–water partition coefficient (Wildman–Crippen LogP) is 8.74. The number of allylic oxidation sites excluding steroid dienone is 2. The molecule has 1 aliphatic heterocycles. The molecule has 7 nitrogen and oxygen atoms in total. The van der Waals surface area contributed by atoms with Gasteiger partial charge in [-0.15, -0.1) is 0 Å². The number of aromatic nitrogens is 3. The monoisotopic (exact) mass is 642 g/mol. The van der Waals surface area contributed by atoms with Gasteiger partial charge in [-0.25, -0.2) is 9.78 Å². The van der Waals surface area contributed by atoms with Crippen molar-refractivity contribution in [3.8, 4) is 11.3 Å². The summed E-state index contributed by atoms with van der Waals surface area (Å²) in [5.41, 5.74) is 3.02. The number of benzene rings is 1. The van der Waals surface area contributed by atoms with Crippen LogP contribution in [0.5, 0.6) is 0 Å². The molecule has 0 bridgehead atoms. The maximum atomic E-state index is 13.9. The number of ether oxygens (including phenoxy) is 1. The third kappa shape index (κ3) is 5.11. The van der Waals surface area contributed by atoms with Crippen LogP contribution in [0.2, 0.25) is 10.0 Å². The van der Waals surface area contributed by atoms with Crippen molar-refractivity contribution < 1.29 is 27.2 Å². The number of piperidine rings is 1. The smallest absolute Gasteiger partial charge is 0.417 e. The van der Waals surface area contributed by atoms with Gasteiger partial charge in [-0.05, 0) is 68.2 Å². The molecule has 0 N–H and O–H groups in total. The molecule has 12 heteroatoms. The van der Waals surface area contributed by atoms with Gasteiger partial charge in [0, 0.05) is 53.6 Å². The summed E-state index contributed by atoms with van der Waals surface area (Å²) in [6.07, 6.45) is 5.47. The number of fused-ring (bicyclic) bond motifs is 1. The zero-order valence-corrected chi connectivity index (χ0v) is 25.2. The highest BCUT2D eigenvalue weighted by Gasteiger charge is 2.44. The van der Waals surface area contributed by atoms with Gasteiger partial charge < -0.3 is 14.2 Å². The Kier molecular flexibility index (Phi) is 7.12. The maximum Gasteiger partial charge on any atom is 0.417 e. The van der Waals surface area contributed by atoms with E-state index in [9.17, 15) is 18.0 Å². The second kappa shape index (κ2) is 10.8. The van der Waals surface area contributed by atoms with Crippen LogP contribution in [0.25, 0.3) is 27.7 Å². The van der Waals surface area contributed by atoms with Crippen molar-refractivity contribution in [2.75, 3.05) is 24.6 Å². The minimum atomic E-state index is -4.65.